The van der Waals surface area contributed by atoms with Crippen LogP contribution in [-0.2, 0) is 19.4 Å². The smallest absolute Gasteiger partial charge is 0.335 e. The highest BCUT2D eigenvalue weighted by Crippen LogP contribution is 2.45. The molecule has 3 aromatic carbocycles. The van der Waals surface area contributed by atoms with Crippen molar-refractivity contribution in [1.82, 2.24) is 5.16 Å². The van der Waals surface area contributed by atoms with Crippen LogP contribution in [0.25, 0.3) is 11.3 Å². The summed E-state index contributed by atoms with van der Waals surface area (Å²) < 4.78 is 18.2. The standard InChI is InChI=1S/C29H24ClNO5/c1-16-3-2-4-23(30)26(16)27-22(28(36-31-27)18-7-8-18)15-34-21-11-12-24-19(13-21)9-5-17-6-10-20(29(32)33)14-25(17)35-24/h2-4,6,10-14,18H,5,7-9,15H2,1H3,(H,32,33). The molecule has 1 fully saturated rings. The zero-order valence-electron chi connectivity index (χ0n) is 19.7. The van der Waals surface area contributed by atoms with Crippen molar-refractivity contribution in [2.75, 3.05) is 0 Å². The average Bonchev–Trinajstić information content (AvgIpc) is 3.65. The number of ether oxygens (including phenoxy) is 2. The summed E-state index contributed by atoms with van der Waals surface area (Å²) in [7, 11) is 0. The minimum Gasteiger partial charge on any atom is -0.489 e. The molecule has 0 spiro atoms. The summed E-state index contributed by atoms with van der Waals surface area (Å²) in [4.78, 5) is 11.4. The fraction of sp³-hybridized carbons (Fsp3) is 0.241. The number of halogens is 1. The molecule has 0 bridgehead atoms. The molecular formula is C29H24ClNO5. The molecule has 7 heteroatoms. The maximum Gasteiger partial charge on any atom is 0.335 e. The van der Waals surface area contributed by atoms with E-state index in [1.165, 1.54) is 0 Å². The number of nitrogens with zero attached hydrogens (tertiary/aromatic N) is 1. The van der Waals surface area contributed by atoms with Crippen LogP contribution in [0.1, 0.15) is 57.1 Å². The molecule has 6 rings (SSSR count). The van der Waals surface area contributed by atoms with Gasteiger partial charge in [0.1, 0.15) is 35.3 Å². The van der Waals surface area contributed by atoms with Gasteiger partial charge in [-0.1, -0.05) is 35.0 Å². The van der Waals surface area contributed by atoms with E-state index in [0.717, 1.165) is 70.7 Å². The number of aromatic nitrogens is 1. The number of carbonyl (C=O) groups is 1. The zero-order valence-corrected chi connectivity index (χ0v) is 20.5. The summed E-state index contributed by atoms with van der Waals surface area (Å²) in [5.41, 5.74) is 5.79. The van der Waals surface area contributed by atoms with E-state index in [4.69, 9.17) is 25.6 Å². The third-order valence-electron chi connectivity index (χ3n) is 6.84. The second-order valence-electron chi connectivity index (χ2n) is 9.37. The van der Waals surface area contributed by atoms with Crippen molar-refractivity contribution in [1.29, 1.82) is 0 Å². The molecular weight excluding hydrogens is 478 g/mol. The number of carboxylic acid groups (broad SMARTS) is 1. The van der Waals surface area contributed by atoms with Crippen LogP contribution in [0.15, 0.2) is 59.1 Å². The number of carboxylic acids is 1. The van der Waals surface area contributed by atoms with Crippen LogP contribution in [0, 0.1) is 6.92 Å². The molecule has 1 N–H and O–H groups in total. The molecule has 36 heavy (non-hydrogen) atoms. The van der Waals surface area contributed by atoms with Crippen LogP contribution >= 0.6 is 11.6 Å². The van der Waals surface area contributed by atoms with Gasteiger partial charge in [-0.15, -0.1) is 0 Å². The van der Waals surface area contributed by atoms with E-state index >= 15 is 0 Å². The van der Waals surface area contributed by atoms with Gasteiger partial charge in [-0.25, -0.2) is 4.79 Å². The predicted molar refractivity (Wildman–Crippen MR) is 135 cm³/mol. The minimum absolute atomic E-state index is 0.210. The molecule has 1 aromatic heterocycles. The highest BCUT2D eigenvalue weighted by atomic mass is 35.5. The summed E-state index contributed by atoms with van der Waals surface area (Å²) in [5.74, 6) is 2.30. The van der Waals surface area contributed by atoms with E-state index in [2.05, 4.69) is 5.16 Å². The van der Waals surface area contributed by atoms with Crippen LogP contribution in [0.2, 0.25) is 5.02 Å². The van der Waals surface area contributed by atoms with Crippen LogP contribution < -0.4 is 9.47 Å². The number of benzene rings is 3. The summed E-state index contributed by atoms with van der Waals surface area (Å²) in [6.45, 7) is 2.33. The Balaban J connectivity index is 1.27. The molecule has 0 amide bonds. The highest BCUT2D eigenvalue weighted by molar-refractivity contribution is 6.33. The lowest BCUT2D eigenvalue weighted by atomic mass is 10.0. The Morgan fingerprint density at radius 2 is 1.92 bits per heavy atom. The lowest BCUT2D eigenvalue weighted by Gasteiger charge is -2.13. The molecule has 0 saturated heterocycles. The minimum atomic E-state index is -0.972. The second kappa shape index (κ2) is 9.03. The average molecular weight is 502 g/mol. The molecule has 6 nitrogen and oxygen atoms in total. The molecule has 1 saturated carbocycles. The van der Waals surface area contributed by atoms with Crippen LogP contribution in [0.5, 0.6) is 17.2 Å². The van der Waals surface area contributed by atoms with Gasteiger partial charge in [-0.05, 0) is 85.7 Å². The van der Waals surface area contributed by atoms with Gasteiger partial charge in [0.15, 0.2) is 0 Å². The van der Waals surface area contributed by atoms with E-state index in [0.29, 0.717) is 29.0 Å². The normalized spacial score (nSPS) is 14.4. The third-order valence-corrected chi connectivity index (χ3v) is 7.15. The quantitative estimate of drug-likeness (QED) is 0.297. The van der Waals surface area contributed by atoms with Crippen LogP contribution in [0.3, 0.4) is 0 Å². The van der Waals surface area contributed by atoms with Crippen molar-refractivity contribution < 1.29 is 23.9 Å². The molecule has 2 heterocycles. The first-order valence-corrected chi connectivity index (χ1v) is 12.4. The number of rotatable bonds is 6. The lowest BCUT2D eigenvalue weighted by molar-refractivity contribution is 0.0696. The summed E-state index contributed by atoms with van der Waals surface area (Å²) >= 11 is 6.55. The molecule has 1 aliphatic heterocycles. The Labute approximate surface area is 213 Å². The van der Waals surface area contributed by atoms with E-state index < -0.39 is 5.97 Å². The Morgan fingerprint density at radius 3 is 2.69 bits per heavy atom. The molecule has 0 unspecified atom stereocenters. The summed E-state index contributed by atoms with van der Waals surface area (Å²) in [5, 5.41) is 14.4. The predicted octanol–water partition coefficient (Wildman–Crippen LogP) is 7.35. The lowest BCUT2D eigenvalue weighted by Crippen LogP contribution is -2.01. The first kappa shape index (κ1) is 22.7. The third kappa shape index (κ3) is 4.22. The number of aromatic carboxylic acids is 1. The van der Waals surface area contributed by atoms with Crippen LogP contribution in [-0.4, -0.2) is 16.2 Å². The van der Waals surface area contributed by atoms with E-state index in [1.54, 1.807) is 12.1 Å². The van der Waals surface area contributed by atoms with E-state index in [1.807, 2.05) is 49.4 Å². The van der Waals surface area contributed by atoms with Gasteiger partial charge in [-0.2, -0.15) is 0 Å². The Bertz CT molecular complexity index is 1470. The second-order valence-corrected chi connectivity index (χ2v) is 9.78. The van der Waals surface area contributed by atoms with E-state index in [-0.39, 0.29) is 5.56 Å². The van der Waals surface area contributed by atoms with Crippen molar-refractivity contribution >= 4 is 17.6 Å². The molecule has 1 aliphatic carbocycles. The van der Waals surface area contributed by atoms with Crippen molar-refractivity contribution in [2.24, 2.45) is 0 Å². The van der Waals surface area contributed by atoms with Gasteiger partial charge in [0.25, 0.3) is 0 Å². The maximum absolute atomic E-state index is 11.4. The number of hydrogen-bond donors (Lipinski definition) is 1. The van der Waals surface area contributed by atoms with Gasteiger partial charge < -0.3 is 19.1 Å². The Hall–Kier alpha value is -3.77. The zero-order chi connectivity index (χ0) is 24.8. The van der Waals surface area contributed by atoms with Gasteiger partial charge in [-0.3, -0.25) is 0 Å². The topological polar surface area (TPSA) is 81.8 Å². The van der Waals surface area contributed by atoms with Gasteiger partial charge in [0.05, 0.1) is 16.1 Å². The summed E-state index contributed by atoms with van der Waals surface area (Å²) in [6, 6.07) is 16.6. The number of aryl methyl sites for hydroxylation is 3. The SMILES string of the molecule is Cc1cccc(Cl)c1-c1noc(C2CC2)c1COc1ccc2c(c1)CCc1ccc(C(=O)O)cc1O2. The van der Waals surface area contributed by atoms with Gasteiger partial charge in [0, 0.05) is 11.5 Å². The largest absolute Gasteiger partial charge is 0.489 e. The van der Waals surface area contributed by atoms with Crippen molar-refractivity contribution in [3.8, 4) is 28.5 Å². The Kier molecular flexibility index (Phi) is 5.69. The Morgan fingerprint density at radius 1 is 1.08 bits per heavy atom. The van der Waals surface area contributed by atoms with Crippen molar-refractivity contribution in [3.63, 3.8) is 0 Å². The molecule has 2 aliphatic rings. The first-order chi connectivity index (χ1) is 17.5. The first-order valence-electron chi connectivity index (χ1n) is 12.0. The molecule has 4 aromatic rings. The fourth-order valence-corrected chi connectivity index (χ4v) is 5.04. The number of fused-ring (bicyclic) bond motifs is 2. The van der Waals surface area contributed by atoms with E-state index in [9.17, 15) is 9.90 Å². The maximum atomic E-state index is 11.4. The monoisotopic (exact) mass is 501 g/mol. The molecule has 182 valence electrons. The van der Waals surface area contributed by atoms with Crippen molar-refractivity contribution in [2.45, 2.75) is 45.1 Å². The van der Waals surface area contributed by atoms with Gasteiger partial charge >= 0.3 is 5.97 Å². The molecule has 0 radical (unpaired) electrons. The van der Waals surface area contributed by atoms with Crippen LogP contribution in [0.4, 0.5) is 0 Å². The highest BCUT2D eigenvalue weighted by Gasteiger charge is 2.33. The van der Waals surface area contributed by atoms with Gasteiger partial charge in [0.2, 0.25) is 0 Å². The van der Waals surface area contributed by atoms with Crippen molar-refractivity contribution in [3.05, 3.63) is 93.2 Å². The fourth-order valence-electron chi connectivity index (χ4n) is 4.73. The summed E-state index contributed by atoms with van der Waals surface area (Å²) in [6.07, 6.45) is 3.68. The molecule has 0 atom stereocenters. The number of hydrogen-bond acceptors (Lipinski definition) is 5.